The average Bonchev–Trinajstić information content (AvgIpc) is 3.10. The van der Waals surface area contributed by atoms with Crippen molar-refractivity contribution in [2.45, 2.75) is 58.0 Å². The van der Waals surface area contributed by atoms with Crippen LogP contribution < -0.4 is 0 Å². The quantitative estimate of drug-likeness (QED) is 0.851. The number of hydrogen-bond acceptors (Lipinski definition) is 4. The van der Waals surface area contributed by atoms with Crippen LogP contribution >= 0.6 is 0 Å². The molecule has 23 heavy (non-hydrogen) atoms. The van der Waals surface area contributed by atoms with E-state index < -0.39 is 0 Å². The van der Waals surface area contributed by atoms with Gasteiger partial charge in [0.15, 0.2) is 0 Å². The molecule has 0 spiro atoms. The Bertz CT molecular complexity index is 495. The summed E-state index contributed by atoms with van der Waals surface area (Å²) in [5.41, 5.74) is 0. The summed E-state index contributed by atoms with van der Waals surface area (Å²) in [4.78, 5) is 21.7. The van der Waals surface area contributed by atoms with Crippen molar-refractivity contribution in [1.82, 2.24) is 24.6 Å². The molecule has 0 saturated carbocycles. The second-order valence-electron chi connectivity index (χ2n) is 7.24. The van der Waals surface area contributed by atoms with Gasteiger partial charge in [0, 0.05) is 13.1 Å². The zero-order valence-corrected chi connectivity index (χ0v) is 14.4. The van der Waals surface area contributed by atoms with Gasteiger partial charge in [-0.05, 0) is 44.7 Å². The summed E-state index contributed by atoms with van der Waals surface area (Å²) in [5, 5.41) is 4.26. The van der Waals surface area contributed by atoms with Crippen molar-refractivity contribution in [2.75, 3.05) is 26.2 Å². The van der Waals surface area contributed by atoms with E-state index in [0.29, 0.717) is 11.8 Å². The van der Waals surface area contributed by atoms with E-state index in [-0.39, 0.29) is 12.1 Å². The first-order chi connectivity index (χ1) is 11.2. The molecule has 6 nitrogen and oxygen atoms in total. The Balaban J connectivity index is 1.69. The molecule has 1 aromatic heterocycles. The van der Waals surface area contributed by atoms with Crippen LogP contribution in [0.25, 0.3) is 0 Å². The highest BCUT2D eigenvalue weighted by Gasteiger charge is 2.35. The summed E-state index contributed by atoms with van der Waals surface area (Å²) in [6.45, 7) is 8.12. The Hall–Kier alpha value is -1.43. The van der Waals surface area contributed by atoms with E-state index in [9.17, 15) is 4.79 Å². The minimum absolute atomic E-state index is 0.0322. The van der Waals surface area contributed by atoms with E-state index in [1.165, 1.54) is 19.3 Å². The number of likely N-dealkylation sites (tertiary alicyclic amines) is 2. The van der Waals surface area contributed by atoms with Gasteiger partial charge in [-0.25, -0.2) is 9.67 Å². The molecule has 0 bridgehead atoms. The number of piperidine rings is 2. The Labute approximate surface area is 138 Å². The van der Waals surface area contributed by atoms with E-state index in [2.05, 4.69) is 33.7 Å². The highest BCUT2D eigenvalue weighted by atomic mass is 16.2. The van der Waals surface area contributed by atoms with Crippen molar-refractivity contribution in [3.63, 3.8) is 0 Å². The van der Waals surface area contributed by atoms with Gasteiger partial charge in [-0.2, -0.15) is 5.10 Å². The summed E-state index contributed by atoms with van der Waals surface area (Å²) in [6, 6.07) is 0.300. The van der Waals surface area contributed by atoms with Gasteiger partial charge in [-0.1, -0.05) is 20.3 Å². The lowest BCUT2D eigenvalue weighted by atomic mass is 9.96. The number of rotatable bonds is 4. The van der Waals surface area contributed by atoms with Crippen LogP contribution in [0.5, 0.6) is 0 Å². The molecule has 0 aromatic carbocycles. The van der Waals surface area contributed by atoms with Crippen LogP contribution in [0.4, 0.5) is 0 Å². The van der Waals surface area contributed by atoms with Gasteiger partial charge in [-0.15, -0.1) is 0 Å². The lowest BCUT2D eigenvalue weighted by molar-refractivity contribution is -0.141. The van der Waals surface area contributed by atoms with Crippen LogP contribution in [0.1, 0.15) is 52.0 Å². The fourth-order valence-electron chi connectivity index (χ4n) is 4.02. The average molecular weight is 319 g/mol. The third-order valence-electron chi connectivity index (χ3n) is 5.19. The van der Waals surface area contributed by atoms with Gasteiger partial charge in [0.1, 0.15) is 12.7 Å². The molecule has 2 atom stereocenters. The van der Waals surface area contributed by atoms with Gasteiger partial charge in [0.05, 0.1) is 12.1 Å². The summed E-state index contributed by atoms with van der Waals surface area (Å²) in [6.07, 6.45) is 9.20. The summed E-state index contributed by atoms with van der Waals surface area (Å²) >= 11 is 0. The normalized spacial score (nSPS) is 24.8. The van der Waals surface area contributed by atoms with Crippen molar-refractivity contribution < 1.29 is 4.79 Å². The molecular formula is C17H29N5O. The summed E-state index contributed by atoms with van der Waals surface area (Å²) < 4.78 is 1.91. The largest absolute Gasteiger partial charge is 0.339 e. The fraction of sp³-hybridized carbons (Fsp3) is 0.824. The molecule has 0 N–H and O–H groups in total. The van der Waals surface area contributed by atoms with Crippen LogP contribution in [-0.2, 0) is 4.79 Å². The molecule has 2 aliphatic heterocycles. The zero-order valence-electron chi connectivity index (χ0n) is 14.4. The molecular weight excluding hydrogens is 290 g/mol. The molecule has 0 radical (unpaired) electrons. The van der Waals surface area contributed by atoms with Gasteiger partial charge >= 0.3 is 0 Å². The van der Waals surface area contributed by atoms with Gasteiger partial charge in [-0.3, -0.25) is 9.69 Å². The third-order valence-corrected chi connectivity index (χ3v) is 5.19. The van der Waals surface area contributed by atoms with E-state index in [1.807, 2.05) is 4.68 Å². The SMILES string of the molecule is CC(C)[C@@H](C(=O)N1CCC[C@H](n2cncn2)C1)N1CCCCC1. The number of nitrogens with zero attached hydrogens (tertiary/aromatic N) is 5. The van der Waals surface area contributed by atoms with Crippen molar-refractivity contribution in [3.8, 4) is 0 Å². The molecule has 3 heterocycles. The van der Waals surface area contributed by atoms with Crippen LogP contribution in [-0.4, -0.2) is 62.7 Å². The van der Waals surface area contributed by atoms with E-state index >= 15 is 0 Å². The second kappa shape index (κ2) is 7.43. The molecule has 1 amide bonds. The monoisotopic (exact) mass is 319 g/mol. The summed E-state index contributed by atoms with van der Waals surface area (Å²) in [7, 11) is 0. The predicted octanol–water partition coefficient (Wildman–Crippen LogP) is 1.95. The fourth-order valence-corrected chi connectivity index (χ4v) is 4.02. The maximum atomic E-state index is 13.2. The summed E-state index contributed by atoms with van der Waals surface area (Å²) in [5.74, 6) is 0.666. The molecule has 6 heteroatoms. The van der Waals surface area contributed by atoms with E-state index in [0.717, 1.165) is 39.0 Å². The predicted molar refractivity (Wildman–Crippen MR) is 88.9 cm³/mol. The Morgan fingerprint density at radius 1 is 1.13 bits per heavy atom. The van der Waals surface area contributed by atoms with Crippen molar-refractivity contribution in [3.05, 3.63) is 12.7 Å². The number of carbonyl (C=O) groups is 1. The Morgan fingerprint density at radius 3 is 2.57 bits per heavy atom. The van der Waals surface area contributed by atoms with Gasteiger partial charge < -0.3 is 4.90 Å². The Kier molecular flexibility index (Phi) is 5.30. The topological polar surface area (TPSA) is 54.3 Å². The van der Waals surface area contributed by atoms with Crippen LogP contribution in [0.3, 0.4) is 0 Å². The van der Waals surface area contributed by atoms with Gasteiger partial charge in [0.2, 0.25) is 5.91 Å². The first-order valence-corrected chi connectivity index (χ1v) is 9.04. The van der Waals surface area contributed by atoms with E-state index in [1.54, 1.807) is 12.7 Å². The molecule has 128 valence electrons. The number of aromatic nitrogens is 3. The van der Waals surface area contributed by atoms with Crippen LogP contribution in [0.15, 0.2) is 12.7 Å². The molecule has 0 aliphatic carbocycles. The number of carbonyl (C=O) groups excluding carboxylic acids is 1. The van der Waals surface area contributed by atoms with Gasteiger partial charge in [0.25, 0.3) is 0 Å². The van der Waals surface area contributed by atoms with Crippen LogP contribution in [0.2, 0.25) is 0 Å². The van der Waals surface area contributed by atoms with Crippen LogP contribution in [0, 0.1) is 5.92 Å². The maximum Gasteiger partial charge on any atom is 0.240 e. The standard InChI is InChI=1S/C17H29N5O/c1-14(2)16(20-8-4-3-5-9-20)17(23)21-10-6-7-15(11-21)22-13-18-12-19-22/h12-16H,3-11H2,1-2H3/t15-,16-/m0/s1. The van der Waals surface area contributed by atoms with Crippen molar-refractivity contribution in [1.29, 1.82) is 0 Å². The highest BCUT2D eigenvalue weighted by molar-refractivity contribution is 5.82. The van der Waals surface area contributed by atoms with E-state index in [4.69, 9.17) is 0 Å². The molecule has 2 aliphatic rings. The first kappa shape index (κ1) is 16.4. The third kappa shape index (κ3) is 3.74. The Morgan fingerprint density at radius 2 is 1.91 bits per heavy atom. The van der Waals surface area contributed by atoms with Crippen molar-refractivity contribution >= 4 is 5.91 Å². The minimum Gasteiger partial charge on any atom is -0.339 e. The number of hydrogen-bond donors (Lipinski definition) is 0. The van der Waals surface area contributed by atoms with Crippen molar-refractivity contribution in [2.24, 2.45) is 5.92 Å². The molecule has 2 fully saturated rings. The number of amides is 1. The molecule has 2 saturated heterocycles. The minimum atomic E-state index is 0.0322. The molecule has 1 aromatic rings. The zero-order chi connectivity index (χ0) is 16.2. The highest BCUT2D eigenvalue weighted by Crippen LogP contribution is 2.24. The maximum absolute atomic E-state index is 13.2. The molecule has 3 rings (SSSR count). The lowest BCUT2D eigenvalue weighted by Crippen LogP contribution is -2.54. The lowest BCUT2D eigenvalue weighted by Gasteiger charge is -2.41. The smallest absolute Gasteiger partial charge is 0.240 e. The second-order valence-corrected chi connectivity index (χ2v) is 7.24. The first-order valence-electron chi connectivity index (χ1n) is 9.04. The molecule has 0 unspecified atom stereocenters.